The van der Waals surface area contributed by atoms with Gasteiger partial charge in [0.1, 0.15) is 17.3 Å². The van der Waals surface area contributed by atoms with Gasteiger partial charge in [0.2, 0.25) is 0 Å². The van der Waals surface area contributed by atoms with Gasteiger partial charge in [0.15, 0.2) is 0 Å². The quantitative estimate of drug-likeness (QED) is 0.257. The lowest BCUT2D eigenvalue weighted by atomic mass is 10.1. The van der Waals surface area contributed by atoms with Gasteiger partial charge < -0.3 is 19.4 Å². The maximum absolute atomic E-state index is 12.9. The number of rotatable bonds is 9. The van der Waals surface area contributed by atoms with Crippen LogP contribution in [-0.2, 0) is 6.54 Å². The Morgan fingerprint density at radius 3 is 2.53 bits per heavy atom. The van der Waals surface area contributed by atoms with E-state index in [4.69, 9.17) is 14.5 Å². The van der Waals surface area contributed by atoms with Crippen LogP contribution >= 0.6 is 0 Å². The first-order valence-electron chi connectivity index (χ1n) is 12.1. The molecule has 1 unspecified atom stereocenters. The Labute approximate surface area is 210 Å². The number of aromatic nitrogens is 2. The topological polar surface area (TPSA) is 65.4 Å². The predicted octanol–water partition coefficient (Wildman–Crippen LogP) is 6.16. The van der Waals surface area contributed by atoms with Crippen molar-refractivity contribution in [3.8, 4) is 11.5 Å². The lowest BCUT2D eigenvalue weighted by molar-refractivity contribution is 0.0937. The van der Waals surface area contributed by atoms with E-state index in [1.54, 1.807) is 31.4 Å². The van der Waals surface area contributed by atoms with Crippen LogP contribution in [-0.4, -0.2) is 29.2 Å². The summed E-state index contributed by atoms with van der Waals surface area (Å²) in [5.74, 6) is 2.28. The number of para-hydroxylation sites is 2. The minimum atomic E-state index is -0.272. The van der Waals surface area contributed by atoms with Crippen molar-refractivity contribution in [2.45, 2.75) is 25.9 Å². The van der Waals surface area contributed by atoms with E-state index in [1.165, 1.54) is 5.39 Å². The molecule has 0 radical (unpaired) electrons. The highest BCUT2D eigenvalue weighted by Crippen LogP contribution is 2.26. The average molecular weight is 480 g/mol. The molecule has 36 heavy (non-hydrogen) atoms. The van der Waals surface area contributed by atoms with E-state index in [-0.39, 0.29) is 11.9 Å². The minimum absolute atomic E-state index is 0.150. The van der Waals surface area contributed by atoms with Gasteiger partial charge in [0.25, 0.3) is 5.91 Å². The zero-order valence-electron chi connectivity index (χ0n) is 20.5. The van der Waals surface area contributed by atoms with Crippen LogP contribution in [0.4, 0.5) is 0 Å². The van der Waals surface area contributed by atoms with Gasteiger partial charge in [-0.15, -0.1) is 0 Å². The van der Waals surface area contributed by atoms with Crippen LogP contribution in [0.1, 0.15) is 35.6 Å². The van der Waals surface area contributed by atoms with Crippen molar-refractivity contribution in [3.05, 3.63) is 102 Å². The molecular formula is C30H29N3O3. The van der Waals surface area contributed by atoms with Crippen molar-refractivity contribution in [3.63, 3.8) is 0 Å². The first kappa shape index (κ1) is 23.4. The number of carbonyl (C=O) groups excluding carboxylic acids is 1. The van der Waals surface area contributed by atoms with Crippen LogP contribution in [0.25, 0.3) is 21.8 Å². The van der Waals surface area contributed by atoms with E-state index in [0.29, 0.717) is 17.9 Å². The van der Waals surface area contributed by atoms with Crippen LogP contribution in [0.5, 0.6) is 11.5 Å². The third-order valence-electron chi connectivity index (χ3n) is 6.30. The summed E-state index contributed by atoms with van der Waals surface area (Å²) in [6.07, 6.45) is 0.801. The summed E-state index contributed by atoms with van der Waals surface area (Å²) in [5.41, 5.74) is 2.53. The monoisotopic (exact) mass is 479 g/mol. The second kappa shape index (κ2) is 10.5. The van der Waals surface area contributed by atoms with Crippen molar-refractivity contribution in [1.29, 1.82) is 0 Å². The van der Waals surface area contributed by atoms with Crippen LogP contribution < -0.4 is 14.8 Å². The Bertz CT molecular complexity index is 1490. The standard InChI is InChI=1S/C30H29N3O3/c1-21(31-30(34)23-15-17-24(35-2)18-16-23)29-32-26-12-5-6-13-27(26)33(29)19-8-20-36-28-14-7-10-22-9-3-4-11-25(22)28/h3-7,9-18,21H,8,19-20H2,1-2H3,(H,31,34). The van der Waals surface area contributed by atoms with Gasteiger partial charge in [-0.3, -0.25) is 4.79 Å². The number of fused-ring (bicyclic) bond motifs is 2. The fraction of sp³-hybridized carbons (Fsp3) is 0.200. The van der Waals surface area contributed by atoms with Crippen molar-refractivity contribution in [2.24, 2.45) is 0 Å². The number of imidazole rings is 1. The summed E-state index contributed by atoms with van der Waals surface area (Å²) in [6.45, 7) is 3.27. The Balaban J connectivity index is 1.30. The maximum atomic E-state index is 12.9. The number of amides is 1. The lowest BCUT2D eigenvalue weighted by Gasteiger charge is -2.17. The molecule has 0 aliphatic heterocycles. The molecule has 4 aromatic carbocycles. The highest BCUT2D eigenvalue weighted by Gasteiger charge is 2.19. The Morgan fingerprint density at radius 2 is 1.69 bits per heavy atom. The SMILES string of the molecule is COc1ccc(C(=O)NC(C)c2nc3ccccc3n2CCCOc2cccc3ccccc23)cc1. The fourth-order valence-electron chi connectivity index (χ4n) is 4.47. The molecule has 5 aromatic rings. The number of carbonyl (C=O) groups is 1. The number of hydrogen-bond donors (Lipinski definition) is 1. The molecule has 0 bridgehead atoms. The van der Waals surface area contributed by atoms with Crippen LogP contribution in [0, 0.1) is 0 Å². The Kier molecular flexibility index (Phi) is 6.85. The Morgan fingerprint density at radius 1 is 0.944 bits per heavy atom. The normalized spacial score (nSPS) is 11.9. The number of hydrogen-bond acceptors (Lipinski definition) is 4. The van der Waals surface area contributed by atoms with E-state index >= 15 is 0 Å². The molecular weight excluding hydrogens is 450 g/mol. The lowest BCUT2D eigenvalue weighted by Crippen LogP contribution is -2.28. The second-order valence-corrected chi connectivity index (χ2v) is 8.71. The molecule has 1 atom stereocenters. The van der Waals surface area contributed by atoms with Crippen molar-refractivity contribution < 1.29 is 14.3 Å². The molecule has 0 aliphatic carbocycles. The van der Waals surface area contributed by atoms with Crippen LogP contribution in [0.2, 0.25) is 0 Å². The third kappa shape index (κ3) is 4.89. The predicted molar refractivity (Wildman–Crippen MR) is 143 cm³/mol. The first-order chi connectivity index (χ1) is 17.6. The highest BCUT2D eigenvalue weighted by molar-refractivity contribution is 5.94. The van der Waals surface area contributed by atoms with Crippen molar-refractivity contribution in [2.75, 3.05) is 13.7 Å². The van der Waals surface area contributed by atoms with Crippen LogP contribution in [0.3, 0.4) is 0 Å². The molecule has 1 heterocycles. The van der Waals surface area contributed by atoms with E-state index < -0.39 is 0 Å². The van der Waals surface area contributed by atoms with E-state index in [0.717, 1.165) is 41.0 Å². The van der Waals surface area contributed by atoms with Gasteiger partial charge in [-0.05, 0) is 61.2 Å². The summed E-state index contributed by atoms with van der Waals surface area (Å²) < 4.78 is 13.5. The third-order valence-corrected chi connectivity index (χ3v) is 6.30. The summed E-state index contributed by atoms with van der Waals surface area (Å²) in [4.78, 5) is 17.7. The molecule has 182 valence electrons. The van der Waals surface area contributed by atoms with Crippen LogP contribution in [0.15, 0.2) is 91.0 Å². The summed E-state index contributed by atoms with van der Waals surface area (Å²) in [5, 5.41) is 5.37. The number of aryl methyl sites for hydroxylation is 1. The van der Waals surface area contributed by atoms with E-state index in [2.05, 4.69) is 34.1 Å². The van der Waals surface area contributed by atoms with Gasteiger partial charge >= 0.3 is 0 Å². The largest absolute Gasteiger partial charge is 0.497 e. The molecule has 0 fully saturated rings. The second-order valence-electron chi connectivity index (χ2n) is 8.71. The molecule has 1 amide bonds. The molecule has 1 N–H and O–H groups in total. The molecule has 6 heteroatoms. The number of nitrogens with one attached hydrogen (secondary N) is 1. The summed E-state index contributed by atoms with van der Waals surface area (Å²) in [6, 6.07) is 29.2. The minimum Gasteiger partial charge on any atom is -0.497 e. The van der Waals surface area contributed by atoms with Gasteiger partial charge in [-0.25, -0.2) is 4.98 Å². The van der Waals surface area contributed by atoms with E-state index in [9.17, 15) is 4.79 Å². The van der Waals surface area contributed by atoms with Gasteiger partial charge in [-0.2, -0.15) is 0 Å². The molecule has 5 rings (SSSR count). The molecule has 6 nitrogen and oxygen atoms in total. The average Bonchev–Trinajstić information content (AvgIpc) is 3.30. The van der Waals surface area contributed by atoms with Crippen molar-refractivity contribution >= 4 is 27.7 Å². The zero-order chi connectivity index (χ0) is 24.9. The molecule has 0 saturated heterocycles. The van der Waals surface area contributed by atoms with Gasteiger partial charge in [-0.1, -0.05) is 48.5 Å². The highest BCUT2D eigenvalue weighted by atomic mass is 16.5. The molecule has 0 aliphatic rings. The number of methoxy groups -OCH3 is 1. The van der Waals surface area contributed by atoms with Gasteiger partial charge in [0.05, 0.1) is 30.8 Å². The fourth-order valence-corrected chi connectivity index (χ4v) is 4.47. The molecule has 0 saturated carbocycles. The smallest absolute Gasteiger partial charge is 0.251 e. The zero-order valence-corrected chi connectivity index (χ0v) is 20.5. The number of ether oxygens (including phenoxy) is 2. The summed E-state index contributed by atoms with van der Waals surface area (Å²) >= 11 is 0. The number of benzene rings is 4. The Hall–Kier alpha value is -4.32. The van der Waals surface area contributed by atoms with Crippen molar-refractivity contribution in [1.82, 2.24) is 14.9 Å². The molecule has 1 aromatic heterocycles. The first-order valence-corrected chi connectivity index (χ1v) is 12.1. The van der Waals surface area contributed by atoms with Gasteiger partial charge in [0, 0.05) is 17.5 Å². The summed E-state index contributed by atoms with van der Waals surface area (Å²) in [7, 11) is 1.61. The number of nitrogens with zero attached hydrogens (tertiary/aromatic N) is 2. The van der Waals surface area contributed by atoms with E-state index in [1.807, 2.05) is 49.4 Å². The molecule has 0 spiro atoms. The maximum Gasteiger partial charge on any atom is 0.251 e.